The van der Waals surface area contributed by atoms with Crippen molar-refractivity contribution in [3.05, 3.63) is 29.7 Å². The van der Waals surface area contributed by atoms with E-state index in [0.29, 0.717) is 0 Å². The van der Waals surface area contributed by atoms with Gasteiger partial charge >= 0.3 is 0 Å². The highest BCUT2D eigenvalue weighted by Crippen LogP contribution is 2.30. The van der Waals surface area contributed by atoms with Crippen LogP contribution in [0.5, 0.6) is 0 Å². The van der Waals surface area contributed by atoms with E-state index >= 15 is 0 Å². The standard InChI is InChI=1S/C15H23NO/c1-2-16-12-14(11-15-9-6-10-17-15)13-7-4-3-5-8-13/h6,9-11,13,16H,2-5,7-8,12H2,1H3. The van der Waals surface area contributed by atoms with Gasteiger partial charge in [0.05, 0.1) is 6.26 Å². The molecule has 1 heterocycles. The Morgan fingerprint density at radius 2 is 2.24 bits per heavy atom. The maximum Gasteiger partial charge on any atom is 0.126 e. The molecule has 94 valence electrons. The van der Waals surface area contributed by atoms with Gasteiger partial charge < -0.3 is 9.73 Å². The van der Waals surface area contributed by atoms with Crippen molar-refractivity contribution in [1.82, 2.24) is 5.32 Å². The van der Waals surface area contributed by atoms with Crippen molar-refractivity contribution in [3.8, 4) is 0 Å². The van der Waals surface area contributed by atoms with Crippen molar-refractivity contribution in [2.75, 3.05) is 13.1 Å². The lowest BCUT2D eigenvalue weighted by Crippen LogP contribution is -2.22. The van der Waals surface area contributed by atoms with Crippen LogP contribution in [0.2, 0.25) is 0 Å². The summed E-state index contributed by atoms with van der Waals surface area (Å²) in [7, 11) is 0. The second kappa shape index (κ2) is 6.65. The van der Waals surface area contributed by atoms with Crippen molar-refractivity contribution < 1.29 is 4.42 Å². The molecule has 0 aliphatic heterocycles. The fourth-order valence-corrected chi connectivity index (χ4v) is 2.61. The minimum Gasteiger partial charge on any atom is -0.465 e. The van der Waals surface area contributed by atoms with E-state index in [1.54, 1.807) is 6.26 Å². The molecule has 0 bridgehead atoms. The Bertz CT molecular complexity index is 334. The molecule has 1 aromatic heterocycles. The summed E-state index contributed by atoms with van der Waals surface area (Å²) >= 11 is 0. The molecule has 0 amide bonds. The Kier molecular flexibility index (Phi) is 4.87. The monoisotopic (exact) mass is 233 g/mol. The zero-order valence-corrected chi connectivity index (χ0v) is 10.7. The van der Waals surface area contributed by atoms with Crippen LogP contribution in [0.1, 0.15) is 44.8 Å². The van der Waals surface area contributed by atoms with E-state index in [9.17, 15) is 0 Å². The van der Waals surface area contributed by atoms with Gasteiger partial charge in [-0.1, -0.05) is 26.2 Å². The largest absolute Gasteiger partial charge is 0.465 e. The van der Waals surface area contributed by atoms with Gasteiger partial charge in [0.2, 0.25) is 0 Å². The molecular weight excluding hydrogens is 210 g/mol. The molecule has 0 aromatic carbocycles. The summed E-state index contributed by atoms with van der Waals surface area (Å²) in [6.45, 7) is 4.19. The lowest BCUT2D eigenvalue weighted by Gasteiger charge is -2.24. The van der Waals surface area contributed by atoms with Crippen LogP contribution in [0.15, 0.2) is 28.4 Å². The number of likely N-dealkylation sites (N-methyl/N-ethyl adjacent to an activating group) is 1. The molecule has 0 spiro atoms. The Morgan fingerprint density at radius 1 is 1.41 bits per heavy atom. The van der Waals surface area contributed by atoms with Crippen LogP contribution in [0.25, 0.3) is 6.08 Å². The zero-order valence-electron chi connectivity index (χ0n) is 10.7. The summed E-state index contributed by atoms with van der Waals surface area (Å²) in [6.07, 6.45) is 10.8. The molecule has 0 unspecified atom stereocenters. The summed E-state index contributed by atoms with van der Waals surface area (Å²) in [6, 6.07) is 3.99. The average molecular weight is 233 g/mol. The molecule has 1 N–H and O–H groups in total. The third kappa shape index (κ3) is 3.74. The van der Waals surface area contributed by atoms with Gasteiger partial charge in [-0.3, -0.25) is 0 Å². The SMILES string of the molecule is CCNCC(=Cc1ccco1)C1CCCCC1. The number of nitrogens with one attached hydrogen (secondary N) is 1. The topological polar surface area (TPSA) is 25.2 Å². The van der Waals surface area contributed by atoms with E-state index < -0.39 is 0 Å². The zero-order chi connectivity index (χ0) is 11.9. The first-order valence-electron chi connectivity index (χ1n) is 6.85. The molecule has 2 rings (SSSR count). The Morgan fingerprint density at radius 3 is 2.88 bits per heavy atom. The fourth-order valence-electron chi connectivity index (χ4n) is 2.61. The van der Waals surface area contributed by atoms with Crippen LogP contribution in [0, 0.1) is 5.92 Å². The molecule has 17 heavy (non-hydrogen) atoms. The van der Waals surface area contributed by atoms with Crippen LogP contribution in [0.4, 0.5) is 0 Å². The summed E-state index contributed by atoms with van der Waals surface area (Å²) in [4.78, 5) is 0. The van der Waals surface area contributed by atoms with Gasteiger partial charge in [0.1, 0.15) is 5.76 Å². The van der Waals surface area contributed by atoms with Gasteiger partial charge in [-0.15, -0.1) is 0 Å². The van der Waals surface area contributed by atoms with Crippen molar-refractivity contribution in [3.63, 3.8) is 0 Å². The second-order valence-electron chi connectivity index (χ2n) is 4.85. The summed E-state index contributed by atoms with van der Waals surface area (Å²) in [5, 5.41) is 3.45. The molecule has 0 radical (unpaired) electrons. The third-order valence-electron chi connectivity index (χ3n) is 3.58. The van der Waals surface area contributed by atoms with Crippen molar-refractivity contribution in [2.45, 2.75) is 39.0 Å². The maximum absolute atomic E-state index is 5.43. The van der Waals surface area contributed by atoms with Crippen LogP contribution >= 0.6 is 0 Å². The van der Waals surface area contributed by atoms with Gasteiger partial charge in [-0.05, 0) is 49.1 Å². The normalized spacial score (nSPS) is 18.5. The molecule has 0 atom stereocenters. The lowest BCUT2D eigenvalue weighted by molar-refractivity contribution is 0.396. The molecule has 1 fully saturated rings. The smallest absolute Gasteiger partial charge is 0.126 e. The molecule has 1 aliphatic carbocycles. The van der Waals surface area contributed by atoms with E-state index in [1.165, 1.54) is 37.7 Å². The van der Waals surface area contributed by atoms with Gasteiger partial charge in [0.15, 0.2) is 0 Å². The van der Waals surface area contributed by atoms with E-state index in [2.05, 4.69) is 18.3 Å². The van der Waals surface area contributed by atoms with Crippen LogP contribution in [-0.2, 0) is 0 Å². The summed E-state index contributed by atoms with van der Waals surface area (Å²) in [5.41, 5.74) is 1.52. The molecular formula is C15H23NO. The van der Waals surface area contributed by atoms with Crippen LogP contribution in [0.3, 0.4) is 0 Å². The van der Waals surface area contributed by atoms with Crippen molar-refractivity contribution >= 4 is 6.08 Å². The highest BCUT2D eigenvalue weighted by molar-refractivity contribution is 5.48. The van der Waals surface area contributed by atoms with E-state index in [4.69, 9.17) is 4.42 Å². The lowest BCUT2D eigenvalue weighted by atomic mass is 9.83. The molecule has 2 nitrogen and oxygen atoms in total. The number of rotatable bonds is 5. The van der Waals surface area contributed by atoms with E-state index in [1.807, 2.05) is 12.1 Å². The van der Waals surface area contributed by atoms with Gasteiger partial charge in [0, 0.05) is 6.54 Å². The highest BCUT2D eigenvalue weighted by atomic mass is 16.3. The maximum atomic E-state index is 5.43. The van der Waals surface area contributed by atoms with Gasteiger partial charge in [-0.2, -0.15) is 0 Å². The molecule has 0 saturated heterocycles. The number of hydrogen-bond donors (Lipinski definition) is 1. The predicted octanol–water partition coefficient (Wildman–Crippen LogP) is 3.85. The summed E-state index contributed by atoms with van der Waals surface area (Å²) < 4.78 is 5.43. The van der Waals surface area contributed by atoms with Gasteiger partial charge in [-0.25, -0.2) is 0 Å². The molecule has 1 saturated carbocycles. The minimum atomic E-state index is 0.757. The predicted molar refractivity (Wildman–Crippen MR) is 71.8 cm³/mol. The molecule has 1 aliphatic rings. The van der Waals surface area contributed by atoms with Crippen molar-refractivity contribution in [1.29, 1.82) is 0 Å². The minimum absolute atomic E-state index is 0.757. The third-order valence-corrected chi connectivity index (χ3v) is 3.58. The summed E-state index contributed by atoms with van der Waals surface area (Å²) in [5.74, 6) is 1.75. The number of hydrogen-bond acceptors (Lipinski definition) is 2. The van der Waals surface area contributed by atoms with E-state index in [0.717, 1.165) is 24.8 Å². The Labute approximate surface area is 104 Å². The number of furan rings is 1. The highest BCUT2D eigenvalue weighted by Gasteiger charge is 2.17. The van der Waals surface area contributed by atoms with Crippen LogP contribution < -0.4 is 5.32 Å². The second-order valence-corrected chi connectivity index (χ2v) is 4.85. The first-order chi connectivity index (χ1) is 8.40. The molecule has 1 aromatic rings. The first-order valence-corrected chi connectivity index (χ1v) is 6.85. The fraction of sp³-hybridized carbons (Fsp3) is 0.600. The first kappa shape index (κ1) is 12.4. The Balaban J connectivity index is 2.06. The van der Waals surface area contributed by atoms with E-state index in [-0.39, 0.29) is 0 Å². The van der Waals surface area contributed by atoms with Crippen LogP contribution in [-0.4, -0.2) is 13.1 Å². The van der Waals surface area contributed by atoms with Crippen molar-refractivity contribution in [2.24, 2.45) is 5.92 Å². The van der Waals surface area contributed by atoms with Gasteiger partial charge in [0.25, 0.3) is 0 Å². The molecule has 2 heteroatoms. The Hall–Kier alpha value is -1.02. The average Bonchev–Trinajstić information content (AvgIpc) is 2.88. The quantitative estimate of drug-likeness (QED) is 0.835.